The molecule has 1 fully saturated rings. The van der Waals surface area contributed by atoms with E-state index < -0.39 is 10.0 Å². The number of sulfonamides is 1. The number of carbonyl (C=O) groups is 1. The molecule has 1 aliphatic heterocycles. The summed E-state index contributed by atoms with van der Waals surface area (Å²) in [5.41, 5.74) is 2.86. The third kappa shape index (κ3) is 4.90. The minimum atomic E-state index is -3.61. The number of aryl methyl sites for hydroxylation is 2. The maximum Gasteiger partial charge on any atom is 0.256 e. The maximum atomic E-state index is 13.3. The number of nitrogens with zero attached hydrogens (tertiary/aromatic N) is 4. The van der Waals surface area contributed by atoms with Gasteiger partial charge in [0.05, 0.1) is 25.8 Å². The van der Waals surface area contributed by atoms with Gasteiger partial charge in [-0.3, -0.25) is 4.79 Å². The van der Waals surface area contributed by atoms with Crippen molar-refractivity contribution in [2.24, 2.45) is 0 Å². The standard InChI is InChI=1S/C26H28ClN5O3S2/c1-4-19-7-5-6-14-31(19)37(34,35)20-11-9-18(10-12-20)25(33)28-22-15-17(3)30-32(22)26-29-23-16(2)8-13-21(27)24(23)36-26/h8-13,15,19H,4-7,14H2,1-3H3,(H,28,33). The van der Waals surface area contributed by atoms with Crippen LogP contribution in [0.5, 0.6) is 0 Å². The SMILES string of the molecule is CCC1CCCCN1S(=O)(=O)c1ccc(C(=O)Nc2cc(C)nn2-c2nc3c(C)ccc(Cl)c3s2)cc1. The first-order chi connectivity index (χ1) is 17.7. The summed E-state index contributed by atoms with van der Waals surface area (Å²) in [6.07, 6.45) is 3.57. The number of rotatable bonds is 6. The minimum absolute atomic E-state index is 0.0198. The first-order valence-electron chi connectivity index (χ1n) is 12.2. The van der Waals surface area contributed by atoms with Crippen LogP contribution in [0, 0.1) is 13.8 Å². The van der Waals surface area contributed by atoms with E-state index in [1.54, 1.807) is 27.2 Å². The molecule has 0 radical (unpaired) electrons. The normalized spacial score (nSPS) is 16.8. The number of halogens is 1. The highest BCUT2D eigenvalue weighted by Crippen LogP contribution is 2.34. The first kappa shape index (κ1) is 25.8. The van der Waals surface area contributed by atoms with Gasteiger partial charge in [0.1, 0.15) is 5.82 Å². The van der Waals surface area contributed by atoms with Gasteiger partial charge in [0.25, 0.3) is 5.91 Å². The fourth-order valence-corrected chi connectivity index (χ4v) is 7.77. The Hall–Kier alpha value is -2.79. The lowest BCUT2D eigenvalue weighted by Crippen LogP contribution is -2.43. The van der Waals surface area contributed by atoms with Crippen molar-refractivity contribution >= 4 is 54.9 Å². The molecule has 1 unspecified atom stereocenters. The molecule has 2 aromatic carbocycles. The zero-order valence-electron chi connectivity index (χ0n) is 20.9. The van der Waals surface area contributed by atoms with E-state index >= 15 is 0 Å². The Morgan fingerprint density at radius 1 is 1.16 bits per heavy atom. The molecule has 37 heavy (non-hydrogen) atoms. The number of fused-ring (bicyclic) bond motifs is 1. The largest absolute Gasteiger partial charge is 0.306 e. The predicted octanol–water partition coefficient (Wildman–Crippen LogP) is 5.96. The van der Waals surface area contributed by atoms with Crippen molar-refractivity contribution < 1.29 is 13.2 Å². The van der Waals surface area contributed by atoms with Crippen molar-refractivity contribution in [2.75, 3.05) is 11.9 Å². The van der Waals surface area contributed by atoms with Gasteiger partial charge in [0, 0.05) is 24.2 Å². The molecular weight excluding hydrogens is 530 g/mol. The zero-order valence-corrected chi connectivity index (χ0v) is 23.3. The van der Waals surface area contributed by atoms with Crippen LogP contribution >= 0.6 is 22.9 Å². The molecule has 4 aromatic rings. The van der Waals surface area contributed by atoms with E-state index in [0.717, 1.165) is 41.5 Å². The molecule has 1 saturated heterocycles. The van der Waals surface area contributed by atoms with E-state index in [0.29, 0.717) is 33.8 Å². The molecule has 0 bridgehead atoms. The van der Waals surface area contributed by atoms with Crippen LogP contribution in [0.25, 0.3) is 15.3 Å². The Balaban J connectivity index is 1.39. The van der Waals surface area contributed by atoms with Crippen molar-refractivity contribution in [1.29, 1.82) is 0 Å². The smallest absolute Gasteiger partial charge is 0.256 e. The van der Waals surface area contributed by atoms with Crippen molar-refractivity contribution in [3.8, 4) is 5.13 Å². The molecule has 1 amide bonds. The summed E-state index contributed by atoms with van der Waals surface area (Å²) in [6, 6.07) is 11.6. The number of amides is 1. The van der Waals surface area contributed by atoms with Crippen molar-refractivity contribution in [3.05, 3.63) is 64.3 Å². The van der Waals surface area contributed by atoms with E-state index in [4.69, 9.17) is 16.6 Å². The van der Waals surface area contributed by atoms with Gasteiger partial charge in [-0.15, -0.1) is 0 Å². The van der Waals surface area contributed by atoms with Crippen LogP contribution in [-0.2, 0) is 10.0 Å². The molecular formula is C26H28ClN5O3S2. The number of nitrogens with one attached hydrogen (secondary N) is 1. The number of benzene rings is 2. The highest BCUT2D eigenvalue weighted by molar-refractivity contribution is 7.89. The van der Waals surface area contributed by atoms with Gasteiger partial charge >= 0.3 is 0 Å². The molecule has 0 aliphatic carbocycles. The van der Waals surface area contributed by atoms with Gasteiger partial charge in [0.2, 0.25) is 15.2 Å². The Morgan fingerprint density at radius 2 is 1.92 bits per heavy atom. The molecule has 1 N–H and O–H groups in total. The molecule has 2 aromatic heterocycles. The van der Waals surface area contributed by atoms with E-state index in [1.165, 1.54) is 23.5 Å². The lowest BCUT2D eigenvalue weighted by Gasteiger charge is -2.34. The molecule has 8 nitrogen and oxygen atoms in total. The van der Waals surface area contributed by atoms with Crippen LogP contribution in [0.1, 0.15) is 54.2 Å². The lowest BCUT2D eigenvalue weighted by atomic mass is 10.0. The third-order valence-corrected chi connectivity index (χ3v) is 10.2. The van der Waals surface area contributed by atoms with Crippen LogP contribution in [0.15, 0.2) is 47.4 Å². The molecule has 194 valence electrons. The molecule has 3 heterocycles. The zero-order chi connectivity index (χ0) is 26.3. The summed E-state index contributed by atoms with van der Waals surface area (Å²) in [5.74, 6) is 0.0935. The fourth-order valence-electron chi connectivity index (χ4n) is 4.72. The third-order valence-electron chi connectivity index (χ3n) is 6.71. The van der Waals surface area contributed by atoms with Crippen molar-refractivity contribution in [3.63, 3.8) is 0 Å². The number of hydrogen-bond acceptors (Lipinski definition) is 6. The van der Waals surface area contributed by atoms with Crippen LogP contribution < -0.4 is 5.32 Å². The Labute approximate surface area is 225 Å². The van der Waals surface area contributed by atoms with Gasteiger partial charge in [-0.05, 0) is 69.0 Å². The number of thiazole rings is 1. The van der Waals surface area contributed by atoms with E-state index in [-0.39, 0.29) is 16.8 Å². The molecule has 11 heteroatoms. The molecule has 1 atom stereocenters. The summed E-state index contributed by atoms with van der Waals surface area (Å²) in [4.78, 5) is 18.0. The van der Waals surface area contributed by atoms with Crippen molar-refractivity contribution in [1.82, 2.24) is 19.1 Å². The van der Waals surface area contributed by atoms with Gasteiger partial charge in [0.15, 0.2) is 0 Å². The van der Waals surface area contributed by atoms with Gasteiger partial charge in [-0.2, -0.15) is 14.1 Å². The van der Waals surface area contributed by atoms with Gasteiger partial charge in [-0.25, -0.2) is 13.4 Å². The van der Waals surface area contributed by atoms with Crippen LogP contribution in [-0.4, -0.2) is 46.0 Å². The average molecular weight is 558 g/mol. The second-order valence-electron chi connectivity index (χ2n) is 9.27. The minimum Gasteiger partial charge on any atom is -0.306 e. The Morgan fingerprint density at radius 3 is 2.62 bits per heavy atom. The summed E-state index contributed by atoms with van der Waals surface area (Å²) < 4.78 is 30.6. The number of anilines is 1. The monoisotopic (exact) mass is 557 g/mol. The summed E-state index contributed by atoms with van der Waals surface area (Å²) >= 11 is 7.77. The number of aromatic nitrogens is 3. The topological polar surface area (TPSA) is 97.2 Å². The van der Waals surface area contributed by atoms with Crippen LogP contribution in [0.3, 0.4) is 0 Å². The van der Waals surface area contributed by atoms with Crippen molar-refractivity contribution in [2.45, 2.75) is 57.4 Å². The van der Waals surface area contributed by atoms with Gasteiger partial charge in [-0.1, -0.05) is 42.3 Å². The molecule has 0 saturated carbocycles. The number of piperidine rings is 1. The summed E-state index contributed by atoms with van der Waals surface area (Å²) in [5, 5.41) is 8.61. The van der Waals surface area contributed by atoms with Crippen LogP contribution in [0.4, 0.5) is 5.82 Å². The summed E-state index contributed by atoms with van der Waals surface area (Å²) in [6.45, 7) is 6.35. The fraction of sp³-hybridized carbons (Fsp3) is 0.346. The quantitative estimate of drug-likeness (QED) is 0.315. The lowest BCUT2D eigenvalue weighted by molar-refractivity contribution is 0.102. The Kier molecular flexibility index (Phi) is 7.10. The van der Waals surface area contributed by atoms with Gasteiger partial charge < -0.3 is 5.32 Å². The molecule has 0 spiro atoms. The van der Waals surface area contributed by atoms with E-state index in [1.807, 2.05) is 32.9 Å². The van der Waals surface area contributed by atoms with E-state index in [2.05, 4.69) is 10.4 Å². The second-order valence-corrected chi connectivity index (χ2v) is 12.5. The maximum absolute atomic E-state index is 13.3. The summed E-state index contributed by atoms with van der Waals surface area (Å²) in [7, 11) is -3.61. The van der Waals surface area contributed by atoms with Crippen LogP contribution in [0.2, 0.25) is 5.02 Å². The molecule has 5 rings (SSSR count). The average Bonchev–Trinajstić information content (AvgIpc) is 3.50. The molecule has 1 aliphatic rings. The Bertz CT molecular complexity index is 1540. The predicted molar refractivity (Wildman–Crippen MR) is 147 cm³/mol. The number of carbonyl (C=O) groups excluding carboxylic acids is 1. The first-order valence-corrected chi connectivity index (χ1v) is 14.9. The number of hydrogen-bond donors (Lipinski definition) is 1. The van der Waals surface area contributed by atoms with E-state index in [9.17, 15) is 13.2 Å². The highest BCUT2D eigenvalue weighted by atomic mass is 35.5. The highest BCUT2D eigenvalue weighted by Gasteiger charge is 2.32. The second kappa shape index (κ2) is 10.2.